The molecule has 0 spiro atoms. The quantitative estimate of drug-likeness (QED) is 0.586. The lowest BCUT2D eigenvalue weighted by Crippen LogP contribution is -2.16. The van der Waals surface area contributed by atoms with E-state index < -0.39 is 22.3 Å². The number of rotatable bonds is 4. The minimum Gasteiger partial charge on any atom is -0.312 e. The Labute approximate surface area is 74.8 Å². The molecule has 0 aliphatic rings. The van der Waals surface area contributed by atoms with E-state index in [1.807, 2.05) is 0 Å². The van der Waals surface area contributed by atoms with Crippen LogP contribution in [0.5, 0.6) is 0 Å². The number of hydrogen-bond acceptors (Lipinski definition) is 6. The molecule has 0 N–H and O–H groups in total. The molecule has 0 amide bonds. The van der Waals surface area contributed by atoms with Crippen molar-refractivity contribution in [1.29, 1.82) is 0 Å². The zero-order valence-electron chi connectivity index (χ0n) is 6.43. The van der Waals surface area contributed by atoms with E-state index >= 15 is 0 Å². The third kappa shape index (κ3) is 4.75. The summed E-state index contributed by atoms with van der Waals surface area (Å²) in [6, 6.07) is 0. The Morgan fingerprint density at radius 2 is 1.31 bits per heavy atom. The second kappa shape index (κ2) is 4.41. The van der Waals surface area contributed by atoms with Gasteiger partial charge in [-0.15, -0.1) is 8.42 Å². The van der Waals surface area contributed by atoms with Gasteiger partial charge in [-0.1, -0.05) is 13.2 Å². The van der Waals surface area contributed by atoms with Gasteiger partial charge >= 0.3 is 22.3 Å². The average molecular weight is 206 g/mol. The first-order valence-electron chi connectivity index (χ1n) is 2.88. The first-order valence-corrected chi connectivity index (χ1v) is 4.21. The molecule has 0 fully saturated rings. The van der Waals surface area contributed by atoms with Crippen molar-refractivity contribution in [1.82, 2.24) is 0 Å². The van der Waals surface area contributed by atoms with E-state index in [0.717, 1.165) is 0 Å². The van der Waals surface area contributed by atoms with Crippen LogP contribution in [0.1, 0.15) is 0 Å². The first kappa shape index (κ1) is 11.4. The highest BCUT2D eigenvalue weighted by Crippen LogP contribution is 1.97. The van der Waals surface area contributed by atoms with Crippen LogP contribution < -0.4 is 0 Å². The molecule has 6 nitrogen and oxygen atoms in total. The number of carbonyl (C=O) groups is 2. The molecule has 0 unspecified atom stereocenters. The van der Waals surface area contributed by atoms with Crippen molar-refractivity contribution in [3.63, 3.8) is 0 Å². The lowest BCUT2D eigenvalue weighted by Gasteiger charge is -2.00. The Hall–Kier alpha value is -1.63. The lowest BCUT2D eigenvalue weighted by molar-refractivity contribution is -0.132. The summed E-state index contributed by atoms with van der Waals surface area (Å²) in [5.74, 6) is -2.48. The fourth-order valence-corrected chi connectivity index (χ4v) is 0.859. The van der Waals surface area contributed by atoms with Crippen LogP contribution >= 0.6 is 0 Å². The molecule has 0 aliphatic carbocycles. The van der Waals surface area contributed by atoms with E-state index in [-0.39, 0.29) is 0 Å². The fraction of sp³-hybridized carbons (Fsp3) is 0. The molecule has 0 bridgehead atoms. The normalized spacial score (nSPS) is 9.85. The Morgan fingerprint density at radius 3 is 1.54 bits per heavy atom. The van der Waals surface area contributed by atoms with E-state index in [1.54, 1.807) is 0 Å². The van der Waals surface area contributed by atoms with Crippen molar-refractivity contribution in [2.75, 3.05) is 0 Å². The van der Waals surface area contributed by atoms with E-state index in [1.165, 1.54) is 0 Å². The minimum absolute atomic E-state index is 0.610. The molecule has 0 heterocycles. The summed E-state index contributed by atoms with van der Waals surface area (Å²) >= 11 is 0. The summed E-state index contributed by atoms with van der Waals surface area (Å²) in [6.45, 7) is 5.89. The maximum absolute atomic E-state index is 10.6. The van der Waals surface area contributed by atoms with Gasteiger partial charge in [-0.2, -0.15) is 0 Å². The van der Waals surface area contributed by atoms with Crippen LogP contribution in [0.15, 0.2) is 25.3 Å². The zero-order valence-corrected chi connectivity index (χ0v) is 7.24. The summed E-state index contributed by atoms with van der Waals surface area (Å²) < 4.78 is 28.5. The van der Waals surface area contributed by atoms with Gasteiger partial charge in [-0.25, -0.2) is 9.59 Å². The molecule has 0 aromatic heterocycles. The van der Waals surface area contributed by atoms with Crippen molar-refractivity contribution in [2.24, 2.45) is 0 Å². The molecule has 0 atom stereocenters. The maximum Gasteiger partial charge on any atom is 0.506 e. The van der Waals surface area contributed by atoms with Crippen LogP contribution in [0.2, 0.25) is 0 Å². The second-order valence-corrected chi connectivity index (χ2v) is 2.77. The molecule has 0 aliphatic heterocycles. The molecule has 0 saturated heterocycles. The molecule has 0 saturated carbocycles. The summed E-state index contributed by atoms with van der Waals surface area (Å²) in [7, 11) is -4.65. The summed E-state index contributed by atoms with van der Waals surface area (Å²) in [5, 5.41) is 0. The summed E-state index contributed by atoms with van der Waals surface area (Å²) in [6.07, 6.45) is 1.22. The lowest BCUT2D eigenvalue weighted by atomic mass is 10.7. The smallest absolute Gasteiger partial charge is 0.312 e. The third-order valence-corrected chi connectivity index (χ3v) is 1.44. The molecular formula is C6H6O6S. The fourth-order valence-electron chi connectivity index (χ4n) is 0.286. The topological polar surface area (TPSA) is 86.7 Å². The van der Waals surface area contributed by atoms with Gasteiger partial charge in [0.1, 0.15) is 0 Å². The standard InChI is InChI=1S/C6H6O6S/c1-3-5(7)11-13(9,10)12-6(8)4-2/h3-4H,1-2H2. The highest BCUT2D eigenvalue weighted by molar-refractivity contribution is 7.82. The van der Waals surface area contributed by atoms with E-state index in [4.69, 9.17) is 0 Å². The Kier molecular flexibility index (Phi) is 3.86. The zero-order chi connectivity index (χ0) is 10.5. The van der Waals surface area contributed by atoms with E-state index in [0.29, 0.717) is 12.2 Å². The largest absolute Gasteiger partial charge is 0.506 e. The molecule has 0 aromatic carbocycles. The molecule has 72 valence electrons. The van der Waals surface area contributed by atoms with Crippen molar-refractivity contribution < 1.29 is 26.4 Å². The van der Waals surface area contributed by atoms with Crippen LogP contribution in [0, 0.1) is 0 Å². The summed E-state index contributed by atoms with van der Waals surface area (Å²) in [5.41, 5.74) is 0. The number of carbonyl (C=O) groups excluding carboxylic acids is 2. The second-order valence-electron chi connectivity index (χ2n) is 1.62. The van der Waals surface area contributed by atoms with E-state index in [9.17, 15) is 18.0 Å². The SMILES string of the molecule is C=CC(=O)OS(=O)(=O)OC(=O)C=C. The highest BCUT2D eigenvalue weighted by Gasteiger charge is 2.19. The highest BCUT2D eigenvalue weighted by atomic mass is 32.3. The van der Waals surface area contributed by atoms with E-state index in [2.05, 4.69) is 21.5 Å². The maximum atomic E-state index is 10.6. The van der Waals surface area contributed by atoms with Gasteiger partial charge < -0.3 is 8.37 Å². The molecule has 0 radical (unpaired) electrons. The van der Waals surface area contributed by atoms with Crippen LogP contribution in [0.3, 0.4) is 0 Å². The molecule has 13 heavy (non-hydrogen) atoms. The third-order valence-electron chi connectivity index (χ3n) is 0.702. The van der Waals surface area contributed by atoms with Crippen LogP contribution in [-0.2, 0) is 28.4 Å². The molecule has 7 heteroatoms. The van der Waals surface area contributed by atoms with Crippen molar-refractivity contribution in [2.45, 2.75) is 0 Å². The van der Waals surface area contributed by atoms with Gasteiger partial charge in [0, 0.05) is 12.2 Å². The Morgan fingerprint density at radius 1 is 1.00 bits per heavy atom. The molecule has 0 rings (SSSR count). The van der Waals surface area contributed by atoms with Gasteiger partial charge in [0.25, 0.3) is 0 Å². The van der Waals surface area contributed by atoms with Crippen molar-refractivity contribution >= 4 is 22.3 Å². The van der Waals surface area contributed by atoms with Crippen LogP contribution in [-0.4, -0.2) is 20.4 Å². The van der Waals surface area contributed by atoms with Gasteiger partial charge in [-0.05, 0) is 0 Å². The van der Waals surface area contributed by atoms with Crippen LogP contribution in [0.4, 0.5) is 0 Å². The average Bonchev–Trinajstić information content (AvgIpc) is 2.02. The Bertz CT molecular complexity index is 310. The van der Waals surface area contributed by atoms with Crippen LogP contribution in [0.25, 0.3) is 0 Å². The molecule has 0 aromatic rings. The predicted molar refractivity (Wildman–Crippen MR) is 41.5 cm³/mol. The monoisotopic (exact) mass is 206 g/mol. The van der Waals surface area contributed by atoms with Gasteiger partial charge in [0.05, 0.1) is 0 Å². The van der Waals surface area contributed by atoms with Gasteiger partial charge in [0.2, 0.25) is 0 Å². The minimum atomic E-state index is -4.65. The van der Waals surface area contributed by atoms with Gasteiger partial charge in [0.15, 0.2) is 0 Å². The van der Waals surface area contributed by atoms with Gasteiger partial charge in [-0.3, -0.25) is 0 Å². The Balaban J connectivity index is 4.42. The predicted octanol–water partition coefficient (Wildman–Crippen LogP) is -0.310. The van der Waals surface area contributed by atoms with Crippen molar-refractivity contribution in [3.8, 4) is 0 Å². The molecular weight excluding hydrogens is 200 g/mol. The first-order chi connectivity index (χ1) is 5.91. The summed E-state index contributed by atoms with van der Waals surface area (Å²) in [4.78, 5) is 20.7. The van der Waals surface area contributed by atoms with Crippen molar-refractivity contribution in [3.05, 3.63) is 25.3 Å². The number of hydrogen-bond donors (Lipinski definition) is 0.